The normalized spacial score (nSPS) is 15.4. The lowest BCUT2D eigenvalue weighted by molar-refractivity contribution is -0.142. The van der Waals surface area contributed by atoms with Gasteiger partial charge in [0.2, 0.25) is 0 Å². The van der Waals surface area contributed by atoms with E-state index in [-0.39, 0.29) is 6.54 Å². The van der Waals surface area contributed by atoms with E-state index in [1.165, 1.54) is 4.57 Å². The molecule has 0 saturated carbocycles. The number of H-pyrrole nitrogens is 1. The van der Waals surface area contributed by atoms with Crippen molar-refractivity contribution in [1.82, 2.24) is 19.5 Å². The van der Waals surface area contributed by atoms with Gasteiger partial charge in [0.05, 0.1) is 17.0 Å². The highest BCUT2D eigenvalue weighted by atomic mass is 16.4. The molecule has 0 bridgehead atoms. The standard InChI is InChI=1S/C27H29N5O3/c1-18-16-32(17-21(26(33)34)15-19-7-3-2-4-8-19)27(35)30-25(18)31-13-11-20(12-14-31)24-28-22-9-5-6-10-23(22)29-24/h2-10,16,20-21H,11-15,17H2,1H3,(H,28,29)(H,33,34)/t21-/m0/s1. The Morgan fingerprint density at radius 2 is 1.80 bits per heavy atom. The molecule has 0 amide bonds. The van der Waals surface area contributed by atoms with Gasteiger partial charge in [-0.25, -0.2) is 9.78 Å². The molecule has 2 aromatic carbocycles. The van der Waals surface area contributed by atoms with Crippen LogP contribution in [0.2, 0.25) is 0 Å². The molecule has 0 unspecified atom stereocenters. The number of aromatic nitrogens is 4. The third kappa shape index (κ3) is 4.96. The minimum atomic E-state index is -0.921. The zero-order chi connectivity index (χ0) is 24.4. The van der Waals surface area contributed by atoms with Gasteiger partial charge in [0.15, 0.2) is 0 Å². The molecule has 1 fully saturated rings. The van der Waals surface area contributed by atoms with Crippen molar-refractivity contribution in [3.8, 4) is 0 Å². The molecule has 2 aromatic heterocycles. The Morgan fingerprint density at radius 1 is 1.09 bits per heavy atom. The first-order valence-electron chi connectivity index (χ1n) is 12.0. The first kappa shape index (κ1) is 22.8. The van der Waals surface area contributed by atoms with Crippen LogP contribution in [-0.4, -0.2) is 43.7 Å². The van der Waals surface area contributed by atoms with E-state index in [9.17, 15) is 14.7 Å². The number of aryl methyl sites for hydroxylation is 1. The van der Waals surface area contributed by atoms with Gasteiger partial charge >= 0.3 is 11.7 Å². The third-order valence-electron chi connectivity index (χ3n) is 6.83. The second kappa shape index (κ2) is 9.74. The average molecular weight is 472 g/mol. The number of fused-ring (bicyclic) bond motifs is 1. The second-order valence-electron chi connectivity index (χ2n) is 9.31. The first-order chi connectivity index (χ1) is 17.0. The molecule has 2 N–H and O–H groups in total. The molecule has 1 aliphatic heterocycles. The molecule has 0 aliphatic carbocycles. The Bertz CT molecular complexity index is 1350. The number of hydrogen-bond acceptors (Lipinski definition) is 5. The van der Waals surface area contributed by atoms with Crippen molar-refractivity contribution in [1.29, 1.82) is 0 Å². The fourth-order valence-electron chi connectivity index (χ4n) is 4.94. The van der Waals surface area contributed by atoms with Gasteiger partial charge in [0.25, 0.3) is 0 Å². The van der Waals surface area contributed by atoms with Gasteiger partial charge in [-0.1, -0.05) is 42.5 Å². The van der Waals surface area contributed by atoms with E-state index in [1.54, 1.807) is 6.20 Å². The van der Waals surface area contributed by atoms with Crippen molar-refractivity contribution in [2.24, 2.45) is 5.92 Å². The average Bonchev–Trinajstić information content (AvgIpc) is 3.31. The zero-order valence-electron chi connectivity index (χ0n) is 19.7. The molecule has 1 atom stereocenters. The highest BCUT2D eigenvalue weighted by molar-refractivity contribution is 5.74. The van der Waals surface area contributed by atoms with E-state index >= 15 is 0 Å². The van der Waals surface area contributed by atoms with E-state index in [0.717, 1.165) is 53.9 Å². The van der Waals surface area contributed by atoms with Crippen molar-refractivity contribution in [2.45, 2.75) is 38.6 Å². The van der Waals surface area contributed by atoms with Crippen LogP contribution in [0.1, 0.15) is 35.7 Å². The van der Waals surface area contributed by atoms with Gasteiger partial charge in [-0.05, 0) is 43.9 Å². The lowest BCUT2D eigenvalue weighted by Crippen LogP contribution is -2.37. The van der Waals surface area contributed by atoms with Crippen LogP contribution in [0, 0.1) is 12.8 Å². The molecular formula is C27H29N5O3. The summed E-state index contributed by atoms with van der Waals surface area (Å²) in [6, 6.07) is 17.5. The number of para-hydroxylation sites is 2. The van der Waals surface area contributed by atoms with Gasteiger partial charge in [-0.2, -0.15) is 4.98 Å². The number of nitrogens with one attached hydrogen (secondary N) is 1. The predicted molar refractivity (Wildman–Crippen MR) is 135 cm³/mol. The van der Waals surface area contributed by atoms with E-state index in [2.05, 4.69) is 14.9 Å². The molecule has 4 aromatic rings. The fourth-order valence-corrected chi connectivity index (χ4v) is 4.94. The molecule has 0 spiro atoms. The maximum atomic E-state index is 12.8. The third-order valence-corrected chi connectivity index (χ3v) is 6.83. The maximum absolute atomic E-state index is 12.8. The largest absolute Gasteiger partial charge is 0.481 e. The van der Waals surface area contributed by atoms with Crippen LogP contribution in [0.5, 0.6) is 0 Å². The molecule has 8 heteroatoms. The number of piperidine rings is 1. The molecule has 180 valence electrons. The molecule has 1 aliphatic rings. The summed E-state index contributed by atoms with van der Waals surface area (Å²) in [4.78, 5) is 39.4. The number of hydrogen-bond donors (Lipinski definition) is 2. The molecular weight excluding hydrogens is 442 g/mol. The van der Waals surface area contributed by atoms with Crippen LogP contribution in [0.3, 0.4) is 0 Å². The number of imidazole rings is 1. The molecule has 35 heavy (non-hydrogen) atoms. The Morgan fingerprint density at radius 3 is 2.51 bits per heavy atom. The summed E-state index contributed by atoms with van der Waals surface area (Å²) in [6.45, 7) is 3.58. The van der Waals surface area contributed by atoms with E-state index in [0.29, 0.717) is 18.2 Å². The Balaban J connectivity index is 1.28. The molecule has 1 saturated heterocycles. The van der Waals surface area contributed by atoms with E-state index < -0.39 is 17.6 Å². The highest BCUT2D eigenvalue weighted by Crippen LogP contribution is 2.30. The highest BCUT2D eigenvalue weighted by Gasteiger charge is 2.26. The van der Waals surface area contributed by atoms with Crippen molar-refractivity contribution >= 4 is 22.8 Å². The second-order valence-corrected chi connectivity index (χ2v) is 9.31. The molecule has 3 heterocycles. The molecule has 8 nitrogen and oxygen atoms in total. The number of nitrogens with zero attached hydrogens (tertiary/aromatic N) is 4. The Labute approximate surface area is 203 Å². The minimum Gasteiger partial charge on any atom is -0.481 e. The van der Waals surface area contributed by atoms with Crippen LogP contribution in [0.4, 0.5) is 5.82 Å². The van der Waals surface area contributed by atoms with Crippen molar-refractivity contribution in [3.63, 3.8) is 0 Å². The summed E-state index contributed by atoms with van der Waals surface area (Å²) in [5, 5.41) is 9.73. The first-order valence-corrected chi connectivity index (χ1v) is 12.0. The monoisotopic (exact) mass is 471 g/mol. The van der Waals surface area contributed by atoms with Crippen LogP contribution in [-0.2, 0) is 17.8 Å². The van der Waals surface area contributed by atoms with Crippen molar-refractivity contribution in [3.05, 3.63) is 88.2 Å². The van der Waals surface area contributed by atoms with Crippen LogP contribution < -0.4 is 10.6 Å². The van der Waals surface area contributed by atoms with Gasteiger partial charge in [-0.15, -0.1) is 0 Å². The summed E-state index contributed by atoms with van der Waals surface area (Å²) in [5.74, 6) is 0.416. The van der Waals surface area contributed by atoms with Crippen molar-refractivity contribution in [2.75, 3.05) is 18.0 Å². The minimum absolute atomic E-state index is 0.0886. The summed E-state index contributed by atoms with van der Waals surface area (Å²) >= 11 is 0. The van der Waals surface area contributed by atoms with Crippen LogP contribution in [0.15, 0.2) is 65.6 Å². The SMILES string of the molecule is Cc1cn(C[C@H](Cc2ccccc2)C(=O)O)c(=O)nc1N1CCC(c2nc3ccccc3[nH]2)CC1. The summed E-state index contributed by atoms with van der Waals surface area (Å²) < 4.78 is 1.43. The fraction of sp³-hybridized carbons (Fsp3) is 0.333. The summed E-state index contributed by atoms with van der Waals surface area (Å²) in [5.41, 5.74) is 3.43. The Hall–Kier alpha value is -3.94. The molecule has 5 rings (SSSR count). The topological polar surface area (TPSA) is 104 Å². The number of carbonyl (C=O) groups is 1. The van der Waals surface area contributed by atoms with Gasteiger partial charge in [-0.3, -0.25) is 9.36 Å². The Kier molecular flexibility index (Phi) is 6.35. The summed E-state index contributed by atoms with van der Waals surface area (Å²) in [7, 11) is 0. The van der Waals surface area contributed by atoms with Gasteiger partial charge < -0.3 is 15.0 Å². The predicted octanol–water partition coefficient (Wildman–Crippen LogP) is 3.76. The lowest BCUT2D eigenvalue weighted by Gasteiger charge is -2.32. The number of carboxylic acids is 1. The van der Waals surface area contributed by atoms with Crippen LogP contribution in [0.25, 0.3) is 11.0 Å². The quantitative estimate of drug-likeness (QED) is 0.425. The zero-order valence-corrected chi connectivity index (χ0v) is 19.7. The number of aliphatic carboxylic acids is 1. The van der Waals surface area contributed by atoms with Crippen LogP contribution >= 0.6 is 0 Å². The smallest absolute Gasteiger partial charge is 0.349 e. The number of benzene rings is 2. The number of anilines is 1. The van der Waals surface area contributed by atoms with E-state index in [1.807, 2.05) is 61.5 Å². The summed E-state index contributed by atoms with van der Waals surface area (Å²) in [6.07, 6.45) is 3.94. The van der Waals surface area contributed by atoms with Crippen molar-refractivity contribution < 1.29 is 9.90 Å². The lowest BCUT2D eigenvalue weighted by atomic mass is 9.96. The van der Waals surface area contributed by atoms with Gasteiger partial charge in [0, 0.05) is 37.3 Å². The van der Waals surface area contributed by atoms with Gasteiger partial charge in [0.1, 0.15) is 11.6 Å². The maximum Gasteiger partial charge on any atom is 0.349 e. The molecule has 0 radical (unpaired) electrons. The number of carboxylic acid groups (broad SMARTS) is 1. The number of aromatic amines is 1. The van der Waals surface area contributed by atoms with E-state index in [4.69, 9.17) is 4.98 Å². The number of rotatable bonds is 7.